The number of hydrogen-bond donors (Lipinski definition) is 3. The van der Waals surface area contributed by atoms with Crippen molar-refractivity contribution in [1.29, 1.82) is 0 Å². The van der Waals surface area contributed by atoms with Crippen LogP contribution in [0, 0.1) is 5.92 Å². The molecule has 1 heterocycles. The first-order valence-corrected chi connectivity index (χ1v) is 6.09. The molecule has 0 saturated carbocycles. The van der Waals surface area contributed by atoms with Crippen LogP contribution in [0.3, 0.4) is 0 Å². The number of imide groups is 1. The Morgan fingerprint density at radius 3 is 2.50 bits per heavy atom. The summed E-state index contributed by atoms with van der Waals surface area (Å²) in [6, 6.07) is -0.901. The van der Waals surface area contributed by atoms with Gasteiger partial charge in [0.1, 0.15) is 0 Å². The van der Waals surface area contributed by atoms with Gasteiger partial charge in [-0.3, -0.25) is 14.8 Å². The highest BCUT2D eigenvalue weighted by atomic mass is 32.2. The Kier molecular flexibility index (Phi) is 4.54. The Hall–Kier alpha value is -1.77. The summed E-state index contributed by atoms with van der Waals surface area (Å²) in [7, 11) is 1.61. The predicted molar refractivity (Wildman–Crippen MR) is 66.0 cm³/mol. The third-order valence-corrected chi connectivity index (χ3v) is 3.68. The summed E-state index contributed by atoms with van der Waals surface area (Å²) in [4.78, 5) is 37.2. The van der Waals surface area contributed by atoms with E-state index >= 15 is 0 Å². The fraction of sp³-hybridized carbons (Fsp3) is 0.556. The maximum absolute atomic E-state index is 11.8. The van der Waals surface area contributed by atoms with Gasteiger partial charge in [0.05, 0.1) is 5.25 Å². The maximum Gasteiger partial charge on any atom is 0.362 e. The van der Waals surface area contributed by atoms with Crippen molar-refractivity contribution in [3.05, 3.63) is 10.5 Å². The van der Waals surface area contributed by atoms with Crippen LogP contribution < -0.4 is 16.7 Å². The number of rotatable bonds is 4. The number of aromatic nitrogens is 3. The van der Waals surface area contributed by atoms with Gasteiger partial charge in [0.25, 0.3) is 0 Å². The van der Waals surface area contributed by atoms with Gasteiger partial charge in [-0.05, 0) is 5.92 Å². The number of nitrogens with zero attached hydrogens (tertiary/aromatic N) is 2. The molecule has 0 spiro atoms. The van der Waals surface area contributed by atoms with Crippen LogP contribution in [0.25, 0.3) is 0 Å². The number of aromatic amines is 1. The van der Waals surface area contributed by atoms with E-state index in [2.05, 4.69) is 10.1 Å². The molecule has 8 nitrogen and oxygen atoms in total. The van der Waals surface area contributed by atoms with Crippen LogP contribution in [0.1, 0.15) is 13.8 Å². The molecule has 0 fully saturated rings. The highest BCUT2D eigenvalue weighted by Gasteiger charge is 2.26. The van der Waals surface area contributed by atoms with Crippen LogP contribution in [0.2, 0.25) is 0 Å². The van der Waals surface area contributed by atoms with Crippen molar-refractivity contribution in [2.45, 2.75) is 24.3 Å². The lowest BCUT2D eigenvalue weighted by molar-refractivity contribution is -0.120. The second kappa shape index (κ2) is 5.71. The molecule has 0 aromatic carbocycles. The molecule has 0 aliphatic rings. The highest BCUT2D eigenvalue weighted by molar-refractivity contribution is 8.00. The average molecular weight is 273 g/mol. The van der Waals surface area contributed by atoms with Gasteiger partial charge in [0.15, 0.2) is 5.16 Å². The molecule has 1 unspecified atom stereocenters. The second-order valence-electron chi connectivity index (χ2n) is 4.01. The number of H-pyrrole nitrogens is 1. The summed E-state index contributed by atoms with van der Waals surface area (Å²) in [6.07, 6.45) is 0. The Morgan fingerprint density at radius 1 is 1.50 bits per heavy atom. The van der Waals surface area contributed by atoms with Crippen LogP contribution in [0.15, 0.2) is 9.95 Å². The van der Waals surface area contributed by atoms with Crippen LogP contribution in [0.4, 0.5) is 4.79 Å². The molecule has 0 radical (unpaired) electrons. The molecule has 4 N–H and O–H groups in total. The lowest BCUT2D eigenvalue weighted by Gasteiger charge is -2.17. The van der Waals surface area contributed by atoms with Gasteiger partial charge in [-0.15, -0.1) is 0 Å². The fourth-order valence-corrected chi connectivity index (χ4v) is 2.29. The number of nitrogens with one attached hydrogen (secondary N) is 2. The average Bonchev–Trinajstić information content (AvgIpc) is 2.51. The van der Waals surface area contributed by atoms with Crippen molar-refractivity contribution in [1.82, 2.24) is 20.1 Å². The molecular weight excluding hydrogens is 258 g/mol. The number of aryl methyl sites for hydroxylation is 1. The number of thioether (sulfide) groups is 1. The normalized spacial score (nSPS) is 12.4. The molecule has 0 bridgehead atoms. The van der Waals surface area contributed by atoms with Gasteiger partial charge in [-0.1, -0.05) is 25.6 Å². The summed E-state index contributed by atoms with van der Waals surface area (Å²) in [5.74, 6) is -0.556. The van der Waals surface area contributed by atoms with E-state index < -0.39 is 22.9 Å². The van der Waals surface area contributed by atoms with Crippen molar-refractivity contribution in [3.8, 4) is 0 Å². The zero-order valence-corrected chi connectivity index (χ0v) is 11.1. The Balaban J connectivity index is 2.87. The zero-order valence-electron chi connectivity index (χ0n) is 10.3. The standard InChI is InChI=1S/C9H15N5O3S/c1-4(2)5(6(15)11-7(10)16)18-9-12-8(17)13-14(9)3/h4-5H,1-3H3,(H,13,17)(H3,10,11,15,16). The molecule has 18 heavy (non-hydrogen) atoms. The SMILES string of the molecule is CC(C)C(Sc1nc(=O)[nH]n1C)C(=O)NC(N)=O. The van der Waals surface area contributed by atoms with Crippen LogP contribution in [-0.2, 0) is 11.8 Å². The Morgan fingerprint density at radius 2 is 2.11 bits per heavy atom. The van der Waals surface area contributed by atoms with Gasteiger partial charge in [0.2, 0.25) is 5.91 Å². The minimum absolute atomic E-state index is 0.0545. The fourth-order valence-electron chi connectivity index (χ4n) is 1.28. The van der Waals surface area contributed by atoms with Crippen molar-refractivity contribution in [2.75, 3.05) is 0 Å². The summed E-state index contributed by atoms with van der Waals surface area (Å²) in [5, 5.41) is 4.27. The molecule has 1 rings (SSSR count). The Bertz CT molecular complexity index is 507. The number of primary amides is 1. The number of amides is 3. The summed E-state index contributed by atoms with van der Waals surface area (Å²) in [5.41, 5.74) is 4.41. The topological polar surface area (TPSA) is 123 Å². The zero-order chi connectivity index (χ0) is 13.9. The van der Waals surface area contributed by atoms with E-state index in [1.54, 1.807) is 7.05 Å². The van der Waals surface area contributed by atoms with Crippen LogP contribution >= 0.6 is 11.8 Å². The van der Waals surface area contributed by atoms with Gasteiger partial charge >= 0.3 is 11.7 Å². The van der Waals surface area contributed by atoms with Crippen LogP contribution in [0.5, 0.6) is 0 Å². The molecule has 0 aliphatic carbocycles. The first-order chi connectivity index (χ1) is 8.31. The molecule has 1 atom stereocenters. The van der Waals surface area contributed by atoms with Crippen molar-refractivity contribution < 1.29 is 9.59 Å². The second-order valence-corrected chi connectivity index (χ2v) is 5.12. The minimum atomic E-state index is -0.901. The van der Waals surface area contributed by atoms with E-state index in [1.807, 2.05) is 19.2 Å². The number of nitrogens with two attached hydrogens (primary N) is 1. The van der Waals surface area contributed by atoms with Crippen molar-refractivity contribution >= 4 is 23.7 Å². The van der Waals surface area contributed by atoms with Crippen molar-refractivity contribution in [2.24, 2.45) is 18.7 Å². The smallest absolute Gasteiger partial charge is 0.351 e. The third-order valence-electron chi connectivity index (χ3n) is 2.09. The number of hydrogen-bond acceptors (Lipinski definition) is 5. The first kappa shape index (κ1) is 14.3. The van der Waals surface area contributed by atoms with E-state index in [9.17, 15) is 14.4 Å². The number of carbonyl (C=O) groups excluding carboxylic acids is 2. The lowest BCUT2D eigenvalue weighted by atomic mass is 10.1. The molecule has 9 heteroatoms. The minimum Gasteiger partial charge on any atom is -0.351 e. The molecule has 100 valence electrons. The maximum atomic E-state index is 11.8. The highest BCUT2D eigenvalue weighted by Crippen LogP contribution is 2.25. The van der Waals surface area contributed by atoms with E-state index in [-0.39, 0.29) is 5.92 Å². The largest absolute Gasteiger partial charge is 0.362 e. The Labute approximate surface area is 107 Å². The molecule has 0 saturated heterocycles. The monoisotopic (exact) mass is 273 g/mol. The van der Waals surface area contributed by atoms with Crippen molar-refractivity contribution in [3.63, 3.8) is 0 Å². The van der Waals surface area contributed by atoms with E-state index in [0.29, 0.717) is 5.16 Å². The molecule has 3 amide bonds. The molecule has 1 aromatic rings. The van der Waals surface area contributed by atoms with Gasteiger partial charge < -0.3 is 5.73 Å². The summed E-state index contributed by atoms with van der Waals surface area (Å²) in [6.45, 7) is 3.64. The van der Waals surface area contributed by atoms with Gasteiger partial charge in [0, 0.05) is 7.05 Å². The van der Waals surface area contributed by atoms with Crippen LogP contribution in [-0.4, -0.2) is 32.0 Å². The molecule has 1 aromatic heterocycles. The number of carbonyl (C=O) groups is 2. The van der Waals surface area contributed by atoms with E-state index in [1.165, 1.54) is 4.68 Å². The summed E-state index contributed by atoms with van der Waals surface area (Å²) >= 11 is 1.10. The van der Waals surface area contributed by atoms with Gasteiger partial charge in [-0.25, -0.2) is 14.7 Å². The molecular formula is C9H15N5O3S. The quantitative estimate of drug-likeness (QED) is 0.633. The third kappa shape index (κ3) is 3.62. The van der Waals surface area contributed by atoms with E-state index in [0.717, 1.165) is 11.8 Å². The lowest BCUT2D eigenvalue weighted by Crippen LogP contribution is -2.42. The summed E-state index contributed by atoms with van der Waals surface area (Å²) < 4.78 is 1.42. The van der Waals surface area contributed by atoms with E-state index in [4.69, 9.17) is 5.73 Å². The number of urea groups is 1. The predicted octanol–water partition coefficient (Wildman–Crippen LogP) is -0.580. The first-order valence-electron chi connectivity index (χ1n) is 5.21. The molecule has 0 aliphatic heterocycles. The van der Waals surface area contributed by atoms with Gasteiger partial charge in [-0.2, -0.15) is 4.98 Å².